The third-order valence-electron chi connectivity index (χ3n) is 2.73. The van der Waals surface area contributed by atoms with Crippen molar-refractivity contribution in [2.24, 2.45) is 0 Å². The maximum Gasteiger partial charge on any atom is 0.270 e. The lowest BCUT2D eigenvalue weighted by Crippen LogP contribution is -2.00. The summed E-state index contributed by atoms with van der Waals surface area (Å²) in [6.07, 6.45) is 0.713. The van der Waals surface area contributed by atoms with Crippen LogP contribution >= 0.6 is 31.9 Å². The summed E-state index contributed by atoms with van der Waals surface area (Å²) < 4.78 is 6.97. The first kappa shape index (κ1) is 15.7. The fourth-order valence-electron chi connectivity index (χ4n) is 1.67. The lowest BCUT2D eigenvalue weighted by Gasteiger charge is -2.10. The summed E-state index contributed by atoms with van der Waals surface area (Å²) in [4.78, 5) is 21.2. The Morgan fingerprint density at radius 1 is 1.19 bits per heavy atom. The molecule has 0 aromatic heterocycles. The van der Waals surface area contributed by atoms with E-state index in [1.807, 2.05) is 0 Å². The zero-order valence-electron chi connectivity index (χ0n) is 10.6. The van der Waals surface area contributed by atoms with Crippen molar-refractivity contribution < 1.29 is 14.5 Å². The van der Waals surface area contributed by atoms with Gasteiger partial charge in [-0.2, -0.15) is 0 Å². The molecule has 21 heavy (non-hydrogen) atoms. The summed E-state index contributed by atoms with van der Waals surface area (Å²) in [5.41, 5.74) is 1.19. The molecule has 0 saturated heterocycles. The molecule has 2 rings (SSSR count). The van der Waals surface area contributed by atoms with Crippen LogP contribution in [0.4, 0.5) is 5.69 Å². The van der Waals surface area contributed by atoms with Crippen molar-refractivity contribution in [2.75, 3.05) is 0 Å². The normalized spacial score (nSPS) is 10.2. The third-order valence-corrected chi connectivity index (χ3v) is 3.96. The van der Waals surface area contributed by atoms with Crippen molar-refractivity contribution in [1.29, 1.82) is 0 Å². The van der Waals surface area contributed by atoms with E-state index in [4.69, 9.17) is 4.74 Å². The zero-order valence-corrected chi connectivity index (χ0v) is 13.8. The second-order valence-electron chi connectivity index (χ2n) is 4.12. The minimum Gasteiger partial charge on any atom is -0.488 e. The SMILES string of the molecule is O=Cc1cc(Br)ccc1OCc1ccc([N+](=O)[O-])cc1Br. The van der Waals surface area contributed by atoms with Gasteiger partial charge in [0, 0.05) is 26.6 Å². The number of nitro groups is 1. The minimum absolute atomic E-state index is 0.00264. The molecule has 7 heteroatoms. The highest BCUT2D eigenvalue weighted by Gasteiger charge is 2.10. The van der Waals surface area contributed by atoms with Crippen LogP contribution in [-0.2, 0) is 6.61 Å². The first-order chi connectivity index (χ1) is 10.0. The Balaban J connectivity index is 2.17. The zero-order chi connectivity index (χ0) is 15.4. The highest BCUT2D eigenvalue weighted by atomic mass is 79.9. The summed E-state index contributed by atoms with van der Waals surface area (Å²) in [5, 5.41) is 10.7. The molecule has 2 aromatic carbocycles. The molecule has 0 amide bonds. The molecule has 0 aliphatic carbocycles. The number of nitrogens with zero attached hydrogens (tertiary/aromatic N) is 1. The van der Waals surface area contributed by atoms with Gasteiger partial charge in [-0.05, 0) is 24.3 Å². The first-order valence-electron chi connectivity index (χ1n) is 5.81. The molecule has 0 spiro atoms. The molecule has 2 aromatic rings. The molecule has 0 heterocycles. The fourth-order valence-corrected chi connectivity index (χ4v) is 2.53. The van der Waals surface area contributed by atoms with Crippen LogP contribution in [0.1, 0.15) is 15.9 Å². The number of hydrogen-bond donors (Lipinski definition) is 0. The largest absolute Gasteiger partial charge is 0.488 e. The molecular weight excluding hydrogens is 406 g/mol. The van der Waals surface area contributed by atoms with Gasteiger partial charge in [0.05, 0.1) is 10.5 Å². The van der Waals surface area contributed by atoms with E-state index in [0.29, 0.717) is 22.1 Å². The smallest absolute Gasteiger partial charge is 0.270 e. The lowest BCUT2D eigenvalue weighted by atomic mass is 10.2. The Hall–Kier alpha value is -1.73. The van der Waals surface area contributed by atoms with E-state index in [1.54, 1.807) is 24.3 Å². The molecule has 0 unspecified atom stereocenters. The molecule has 0 aliphatic rings. The van der Waals surface area contributed by atoms with E-state index < -0.39 is 4.92 Å². The van der Waals surface area contributed by atoms with Gasteiger partial charge < -0.3 is 4.74 Å². The highest BCUT2D eigenvalue weighted by Crippen LogP contribution is 2.26. The number of nitro benzene ring substituents is 1. The molecule has 0 aliphatic heterocycles. The predicted molar refractivity (Wildman–Crippen MR) is 84.7 cm³/mol. The molecule has 0 atom stereocenters. The van der Waals surface area contributed by atoms with E-state index in [9.17, 15) is 14.9 Å². The van der Waals surface area contributed by atoms with Crippen LogP contribution in [0.2, 0.25) is 0 Å². The minimum atomic E-state index is -0.464. The summed E-state index contributed by atoms with van der Waals surface area (Å²) in [6.45, 7) is 0.195. The van der Waals surface area contributed by atoms with Crippen molar-refractivity contribution in [3.8, 4) is 5.75 Å². The van der Waals surface area contributed by atoms with Gasteiger partial charge in [-0.3, -0.25) is 14.9 Å². The Morgan fingerprint density at radius 2 is 1.95 bits per heavy atom. The lowest BCUT2D eigenvalue weighted by molar-refractivity contribution is -0.384. The molecule has 0 N–H and O–H groups in total. The van der Waals surface area contributed by atoms with Crippen LogP contribution in [0.5, 0.6) is 5.75 Å². The van der Waals surface area contributed by atoms with E-state index in [0.717, 1.165) is 10.0 Å². The number of hydrogen-bond acceptors (Lipinski definition) is 4. The standard InChI is InChI=1S/C14H9Br2NO4/c15-11-2-4-14(10(5-11)7-18)21-8-9-1-3-12(17(19)20)6-13(9)16/h1-7H,8H2. The number of carbonyl (C=O) groups excluding carboxylic acids is 1. The number of aldehydes is 1. The second-order valence-corrected chi connectivity index (χ2v) is 5.89. The summed E-state index contributed by atoms with van der Waals surface area (Å²) in [5.74, 6) is 0.457. The van der Waals surface area contributed by atoms with Crippen LogP contribution in [0, 0.1) is 10.1 Å². The van der Waals surface area contributed by atoms with Gasteiger partial charge in [0.1, 0.15) is 12.4 Å². The summed E-state index contributed by atoms with van der Waals surface area (Å²) >= 11 is 6.56. The predicted octanol–water partition coefficient (Wildman–Crippen LogP) is 4.51. The maximum absolute atomic E-state index is 11.0. The summed E-state index contributed by atoms with van der Waals surface area (Å²) in [6, 6.07) is 9.56. The molecule has 0 bridgehead atoms. The maximum atomic E-state index is 11.0. The average molecular weight is 415 g/mol. The molecule has 5 nitrogen and oxygen atoms in total. The number of ether oxygens (including phenoxy) is 1. The van der Waals surface area contributed by atoms with Gasteiger partial charge >= 0.3 is 0 Å². The Labute approximate surface area is 137 Å². The van der Waals surface area contributed by atoms with E-state index >= 15 is 0 Å². The summed E-state index contributed by atoms with van der Waals surface area (Å²) in [7, 11) is 0. The quantitative estimate of drug-likeness (QED) is 0.410. The molecule has 0 radical (unpaired) electrons. The molecule has 108 valence electrons. The van der Waals surface area contributed by atoms with Gasteiger partial charge in [-0.15, -0.1) is 0 Å². The van der Waals surface area contributed by atoms with Gasteiger partial charge in [0.2, 0.25) is 0 Å². The highest BCUT2D eigenvalue weighted by molar-refractivity contribution is 9.10. The van der Waals surface area contributed by atoms with Crippen molar-refractivity contribution in [3.05, 3.63) is 66.6 Å². The number of halogens is 2. The topological polar surface area (TPSA) is 69.4 Å². The monoisotopic (exact) mass is 413 g/mol. The molecule has 0 fully saturated rings. The Morgan fingerprint density at radius 3 is 2.57 bits per heavy atom. The van der Waals surface area contributed by atoms with Gasteiger partial charge in [-0.25, -0.2) is 0 Å². The number of rotatable bonds is 5. The Kier molecular flexibility index (Phi) is 5.08. The van der Waals surface area contributed by atoms with E-state index in [1.165, 1.54) is 12.1 Å². The second kappa shape index (κ2) is 6.82. The number of carbonyl (C=O) groups is 1. The third kappa shape index (κ3) is 3.89. The van der Waals surface area contributed by atoms with Gasteiger partial charge in [0.15, 0.2) is 6.29 Å². The van der Waals surface area contributed by atoms with Crippen molar-refractivity contribution >= 4 is 43.8 Å². The van der Waals surface area contributed by atoms with E-state index in [-0.39, 0.29) is 12.3 Å². The van der Waals surface area contributed by atoms with Gasteiger partial charge in [0.25, 0.3) is 5.69 Å². The van der Waals surface area contributed by atoms with Crippen molar-refractivity contribution in [3.63, 3.8) is 0 Å². The van der Waals surface area contributed by atoms with Crippen LogP contribution in [0.25, 0.3) is 0 Å². The van der Waals surface area contributed by atoms with Crippen LogP contribution in [0.15, 0.2) is 45.3 Å². The fraction of sp³-hybridized carbons (Fsp3) is 0.0714. The Bertz CT molecular complexity index is 703. The van der Waals surface area contributed by atoms with Crippen LogP contribution in [0.3, 0.4) is 0 Å². The van der Waals surface area contributed by atoms with E-state index in [2.05, 4.69) is 31.9 Å². The van der Waals surface area contributed by atoms with Crippen LogP contribution < -0.4 is 4.74 Å². The number of non-ortho nitro benzene ring substituents is 1. The van der Waals surface area contributed by atoms with Crippen molar-refractivity contribution in [1.82, 2.24) is 0 Å². The van der Waals surface area contributed by atoms with Crippen molar-refractivity contribution in [2.45, 2.75) is 6.61 Å². The number of benzene rings is 2. The molecular formula is C14H9Br2NO4. The molecule has 0 saturated carbocycles. The van der Waals surface area contributed by atoms with Crippen LogP contribution in [-0.4, -0.2) is 11.2 Å². The first-order valence-corrected chi connectivity index (χ1v) is 7.40. The van der Waals surface area contributed by atoms with Gasteiger partial charge in [-0.1, -0.05) is 31.9 Å². The average Bonchev–Trinajstić information content (AvgIpc) is 2.46.